The van der Waals surface area contributed by atoms with Gasteiger partial charge in [-0.15, -0.1) is 0 Å². The van der Waals surface area contributed by atoms with Gasteiger partial charge in [-0.3, -0.25) is 4.79 Å². The summed E-state index contributed by atoms with van der Waals surface area (Å²) >= 11 is 0. The van der Waals surface area contributed by atoms with Crippen molar-refractivity contribution in [2.24, 2.45) is 17.8 Å². The lowest BCUT2D eigenvalue weighted by Crippen LogP contribution is -2.20. The molecule has 4 rings (SSSR count). The van der Waals surface area contributed by atoms with Gasteiger partial charge in [-0.25, -0.2) is 0 Å². The van der Waals surface area contributed by atoms with Crippen LogP contribution in [0.3, 0.4) is 0 Å². The summed E-state index contributed by atoms with van der Waals surface area (Å²) in [7, 11) is 0. The van der Waals surface area contributed by atoms with E-state index >= 15 is 0 Å². The Morgan fingerprint density at radius 3 is 2.55 bits per heavy atom. The van der Waals surface area contributed by atoms with Crippen molar-refractivity contribution in [2.75, 3.05) is 5.32 Å². The van der Waals surface area contributed by atoms with E-state index in [9.17, 15) is 4.79 Å². The number of anilines is 1. The molecule has 0 saturated heterocycles. The first-order valence-corrected chi connectivity index (χ1v) is 8.04. The van der Waals surface area contributed by atoms with E-state index in [1.165, 1.54) is 25.7 Å². The first-order valence-electron chi connectivity index (χ1n) is 8.04. The molecule has 0 spiro atoms. The summed E-state index contributed by atoms with van der Waals surface area (Å²) in [6, 6.07) is 7.62. The van der Waals surface area contributed by atoms with Gasteiger partial charge in [-0.1, -0.05) is 6.42 Å². The molecule has 1 amide bonds. The standard InChI is InChI=1S/C17H20N4O/c22-17(11-14-10-12-1-2-13(14)9-12)20-15-3-5-16(6-4-15)21-18-7-8-19-21/h3-8,12-14H,1-2,9-11H2,(H,20,22)/t12-,13-,14-/m0/s1. The van der Waals surface area contributed by atoms with Crippen LogP contribution < -0.4 is 5.32 Å². The molecular weight excluding hydrogens is 276 g/mol. The highest BCUT2D eigenvalue weighted by Gasteiger charge is 2.40. The molecule has 1 aromatic heterocycles. The van der Waals surface area contributed by atoms with Gasteiger partial charge in [-0.2, -0.15) is 15.0 Å². The number of hydrogen-bond donors (Lipinski definition) is 1. The van der Waals surface area contributed by atoms with Gasteiger partial charge in [0, 0.05) is 12.1 Å². The summed E-state index contributed by atoms with van der Waals surface area (Å²) in [5, 5.41) is 11.2. The Bertz CT molecular complexity index is 650. The maximum Gasteiger partial charge on any atom is 0.224 e. The van der Waals surface area contributed by atoms with Gasteiger partial charge in [0.05, 0.1) is 18.1 Å². The van der Waals surface area contributed by atoms with Crippen molar-refractivity contribution >= 4 is 11.6 Å². The third kappa shape index (κ3) is 2.63. The van der Waals surface area contributed by atoms with Crippen LogP contribution in [-0.4, -0.2) is 20.9 Å². The second-order valence-electron chi connectivity index (χ2n) is 6.55. The normalized spacial score (nSPS) is 26.3. The highest BCUT2D eigenvalue weighted by molar-refractivity contribution is 5.91. The van der Waals surface area contributed by atoms with Gasteiger partial charge in [-0.05, 0) is 61.3 Å². The number of amides is 1. The first-order chi connectivity index (χ1) is 10.8. The number of fused-ring (bicyclic) bond motifs is 2. The van der Waals surface area contributed by atoms with E-state index < -0.39 is 0 Å². The number of rotatable bonds is 4. The molecule has 5 nitrogen and oxygen atoms in total. The molecule has 1 N–H and O–H groups in total. The molecule has 22 heavy (non-hydrogen) atoms. The average molecular weight is 296 g/mol. The molecule has 0 aliphatic heterocycles. The van der Waals surface area contributed by atoms with E-state index in [0.717, 1.165) is 23.2 Å². The molecule has 2 aliphatic carbocycles. The zero-order valence-electron chi connectivity index (χ0n) is 12.5. The zero-order chi connectivity index (χ0) is 14.9. The molecule has 1 aromatic carbocycles. The zero-order valence-corrected chi connectivity index (χ0v) is 12.5. The van der Waals surface area contributed by atoms with Crippen molar-refractivity contribution in [3.63, 3.8) is 0 Å². The van der Waals surface area contributed by atoms with Crippen LogP contribution in [0.4, 0.5) is 5.69 Å². The summed E-state index contributed by atoms with van der Waals surface area (Å²) in [5.74, 6) is 2.43. The van der Waals surface area contributed by atoms with Crippen molar-refractivity contribution in [1.29, 1.82) is 0 Å². The van der Waals surface area contributed by atoms with Crippen molar-refractivity contribution in [2.45, 2.75) is 32.1 Å². The molecule has 2 aromatic rings. The monoisotopic (exact) mass is 296 g/mol. The summed E-state index contributed by atoms with van der Waals surface area (Å²) in [4.78, 5) is 13.8. The topological polar surface area (TPSA) is 59.8 Å². The Labute approximate surface area is 129 Å². The quantitative estimate of drug-likeness (QED) is 0.943. The third-order valence-corrected chi connectivity index (χ3v) is 5.13. The molecule has 2 aliphatic rings. The number of nitrogens with one attached hydrogen (secondary N) is 1. The average Bonchev–Trinajstić information content (AvgIpc) is 3.25. The van der Waals surface area contributed by atoms with Crippen LogP contribution in [0, 0.1) is 17.8 Å². The minimum atomic E-state index is 0.141. The molecule has 2 saturated carbocycles. The molecule has 1 heterocycles. The number of aromatic nitrogens is 3. The molecule has 2 fully saturated rings. The first kappa shape index (κ1) is 13.5. The minimum absolute atomic E-state index is 0.141. The summed E-state index contributed by atoms with van der Waals surface area (Å²) in [6.07, 6.45) is 9.27. The largest absolute Gasteiger partial charge is 0.326 e. The van der Waals surface area contributed by atoms with Gasteiger partial charge in [0.1, 0.15) is 0 Å². The van der Waals surface area contributed by atoms with Crippen LogP contribution in [-0.2, 0) is 4.79 Å². The van der Waals surface area contributed by atoms with E-state index in [1.54, 1.807) is 17.2 Å². The highest BCUT2D eigenvalue weighted by Crippen LogP contribution is 2.49. The number of carbonyl (C=O) groups excluding carboxylic acids is 1. The lowest BCUT2D eigenvalue weighted by molar-refractivity contribution is -0.117. The lowest BCUT2D eigenvalue weighted by Gasteiger charge is -2.20. The number of carbonyl (C=O) groups is 1. The Hall–Kier alpha value is -2.17. The van der Waals surface area contributed by atoms with E-state index in [1.807, 2.05) is 24.3 Å². The molecule has 114 valence electrons. The molecule has 0 radical (unpaired) electrons. The van der Waals surface area contributed by atoms with Gasteiger partial charge in [0.2, 0.25) is 5.91 Å². The van der Waals surface area contributed by atoms with E-state index in [0.29, 0.717) is 12.3 Å². The summed E-state index contributed by atoms with van der Waals surface area (Å²) in [6.45, 7) is 0. The fourth-order valence-corrected chi connectivity index (χ4v) is 4.10. The van der Waals surface area contributed by atoms with Gasteiger partial charge < -0.3 is 5.32 Å². The number of hydrogen-bond acceptors (Lipinski definition) is 3. The van der Waals surface area contributed by atoms with Crippen LogP contribution in [0.15, 0.2) is 36.7 Å². The van der Waals surface area contributed by atoms with Crippen LogP contribution >= 0.6 is 0 Å². The maximum absolute atomic E-state index is 12.2. The third-order valence-electron chi connectivity index (χ3n) is 5.13. The van der Waals surface area contributed by atoms with Crippen LogP contribution in [0.25, 0.3) is 5.69 Å². The second-order valence-corrected chi connectivity index (χ2v) is 6.55. The van der Waals surface area contributed by atoms with E-state index in [4.69, 9.17) is 0 Å². The SMILES string of the molecule is O=C(C[C@@H]1C[C@H]2CC[C@H]1C2)Nc1ccc(-n2nccn2)cc1. The molecule has 5 heteroatoms. The van der Waals surface area contributed by atoms with Gasteiger partial charge in [0.15, 0.2) is 0 Å². The minimum Gasteiger partial charge on any atom is -0.326 e. The molecule has 0 unspecified atom stereocenters. The smallest absolute Gasteiger partial charge is 0.224 e. The summed E-state index contributed by atoms with van der Waals surface area (Å²) in [5.41, 5.74) is 1.72. The van der Waals surface area contributed by atoms with Crippen molar-refractivity contribution in [3.8, 4) is 5.69 Å². The number of benzene rings is 1. The predicted octanol–water partition coefficient (Wildman–Crippen LogP) is 3.03. The van der Waals surface area contributed by atoms with Crippen molar-refractivity contribution in [3.05, 3.63) is 36.7 Å². The Morgan fingerprint density at radius 2 is 1.91 bits per heavy atom. The fourth-order valence-electron chi connectivity index (χ4n) is 4.10. The van der Waals surface area contributed by atoms with Crippen molar-refractivity contribution < 1.29 is 4.79 Å². The summed E-state index contributed by atoms with van der Waals surface area (Å²) < 4.78 is 0. The van der Waals surface area contributed by atoms with E-state index in [-0.39, 0.29) is 5.91 Å². The molecule has 2 bridgehead atoms. The van der Waals surface area contributed by atoms with Gasteiger partial charge >= 0.3 is 0 Å². The Morgan fingerprint density at radius 1 is 1.14 bits per heavy atom. The van der Waals surface area contributed by atoms with Crippen LogP contribution in [0.5, 0.6) is 0 Å². The highest BCUT2D eigenvalue weighted by atomic mass is 16.1. The van der Waals surface area contributed by atoms with Crippen LogP contribution in [0.2, 0.25) is 0 Å². The van der Waals surface area contributed by atoms with Crippen molar-refractivity contribution in [1.82, 2.24) is 15.0 Å². The Balaban J connectivity index is 1.35. The van der Waals surface area contributed by atoms with Gasteiger partial charge in [0.25, 0.3) is 0 Å². The van der Waals surface area contributed by atoms with Crippen LogP contribution in [0.1, 0.15) is 32.1 Å². The fraction of sp³-hybridized carbons (Fsp3) is 0.471. The lowest BCUT2D eigenvalue weighted by atomic mass is 9.86. The maximum atomic E-state index is 12.2. The van der Waals surface area contributed by atoms with E-state index in [2.05, 4.69) is 15.5 Å². The predicted molar refractivity (Wildman–Crippen MR) is 83.5 cm³/mol. The molecule has 3 atom stereocenters. The Kier molecular flexibility index (Phi) is 3.41. The number of nitrogens with zero attached hydrogens (tertiary/aromatic N) is 3. The second kappa shape index (κ2) is 5.55. The molecular formula is C17H20N4O.